The first kappa shape index (κ1) is 21.3. The van der Waals surface area contributed by atoms with Crippen LogP contribution in [0.25, 0.3) is 0 Å². The fourth-order valence-electron chi connectivity index (χ4n) is 2.77. The Balaban J connectivity index is 0.00000264. The standard InChI is InChI=1S/C14H28N4O2S2.HI/c1-14(4-3-9-21-14)12-17-13(15-2)16-5-6-18-7-10-22(19,20)11-8-18;/h3-12H2,1-2H3,(H2,15,16,17);1H. The summed E-state index contributed by atoms with van der Waals surface area (Å²) >= 11 is 2.03. The molecule has 0 saturated carbocycles. The summed E-state index contributed by atoms with van der Waals surface area (Å²) in [5, 5.41) is 6.72. The molecule has 2 aliphatic rings. The third-order valence-electron chi connectivity index (χ3n) is 4.31. The predicted molar refractivity (Wildman–Crippen MR) is 110 cm³/mol. The molecule has 0 spiro atoms. The summed E-state index contributed by atoms with van der Waals surface area (Å²) in [5.41, 5.74) is 0. The number of guanidine groups is 1. The van der Waals surface area contributed by atoms with E-state index in [1.807, 2.05) is 11.8 Å². The second-order valence-electron chi connectivity index (χ2n) is 6.25. The SMILES string of the molecule is CN=C(NCCN1CCS(=O)(=O)CC1)NCC1(C)CCCS1.I. The van der Waals surface area contributed by atoms with Gasteiger partial charge in [0.15, 0.2) is 15.8 Å². The molecule has 0 aliphatic carbocycles. The number of hydrogen-bond donors (Lipinski definition) is 2. The van der Waals surface area contributed by atoms with Gasteiger partial charge < -0.3 is 10.6 Å². The number of rotatable bonds is 5. The number of thioether (sulfide) groups is 1. The van der Waals surface area contributed by atoms with E-state index in [2.05, 4.69) is 27.4 Å². The number of sulfone groups is 1. The molecule has 6 nitrogen and oxygen atoms in total. The summed E-state index contributed by atoms with van der Waals surface area (Å²) in [7, 11) is -1.00. The molecule has 2 aliphatic heterocycles. The molecule has 136 valence electrons. The number of nitrogens with zero attached hydrogens (tertiary/aromatic N) is 2. The van der Waals surface area contributed by atoms with Crippen molar-refractivity contribution in [3.8, 4) is 0 Å². The van der Waals surface area contributed by atoms with Crippen molar-refractivity contribution >= 4 is 51.5 Å². The van der Waals surface area contributed by atoms with Crippen molar-refractivity contribution in [3.63, 3.8) is 0 Å². The first-order valence-corrected chi connectivity index (χ1v) is 10.7. The van der Waals surface area contributed by atoms with Gasteiger partial charge in [-0.3, -0.25) is 9.89 Å². The van der Waals surface area contributed by atoms with Gasteiger partial charge in [0.1, 0.15) is 0 Å². The van der Waals surface area contributed by atoms with Gasteiger partial charge in [-0.25, -0.2) is 8.42 Å². The van der Waals surface area contributed by atoms with Crippen molar-refractivity contribution in [2.24, 2.45) is 4.99 Å². The van der Waals surface area contributed by atoms with E-state index >= 15 is 0 Å². The van der Waals surface area contributed by atoms with Crippen LogP contribution in [0.1, 0.15) is 19.8 Å². The molecular weight excluding hydrogens is 447 g/mol. The molecule has 0 aromatic carbocycles. The van der Waals surface area contributed by atoms with Crippen LogP contribution in [0.2, 0.25) is 0 Å². The average molecular weight is 476 g/mol. The van der Waals surface area contributed by atoms with E-state index < -0.39 is 9.84 Å². The lowest BCUT2D eigenvalue weighted by Crippen LogP contribution is -2.47. The summed E-state index contributed by atoms with van der Waals surface area (Å²) in [6.45, 7) is 6.15. The largest absolute Gasteiger partial charge is 0.355 e. The summed E-state index contributed by atoms with van der Waals surface area (Å²) in [6, 6.07) is 0. The lowest BCUT2D eigenvalue weighted by molar-refractivity contribution is 0.299. The van der Waals surface area contributed by atoms with E-state index in [1.54, 1.807) is 7.05 Å². The van der Waals surface area contributed by atoms with Gasteiger partial charge in [0.25, 0.3) is 0 Å². The third kappa shape index (κ3) is 7.35. The monoisotopic (exact) mass is 476 g/mol. The normalized spacial score (nSPS) is 28.2. The number of hydrogen-bond acceptors (Lipinski definition) is 5. The lowest BCUT2D eigenvalue weighted by atomic mass is 10.1. The Morgan fingerprint density at radius 3 is 2.57 bits per heavy atom. The van der Waals surface area contributed by atoms with Crippen molar-refractivity contribution in [2.45, 2.75) is 24.5 Å². The Hall–Kier alpha value is 0.260. The molecule has 0 radical (unpaired) electrons. The smallest absolute Gasteiger partial charge is 0.191 e. The van der Waals surface area contributed by atoms with Crippen LogP contribution in [0.3, 0.4) is 0 Å². The van der Waals surface area contributed by atoms with E-state index in [-0.39, 0.29) is 35.5 Å². The molecule has 2 rings (SSSR count). The van der Waals surface area contributed by atoms with Crippen molar-refractivity contribution in [1.82, 2.24) is 15.5 Å². The minimum atomic E-state index is -2.79. The van der Waals surface area contributed by atoms with Gasteiger partial charge >= 0.3 is 0 Å². The highest BCUT2D eigenvalue weighted by molar-refractivity contribution is 14.0. The first-order valence-electron chi connectivity index (χ1n) is 7.94. The highest BCUT2D eigenvalue weighted by Gasteiger charge is 2.29. The van der Waals surface area contributed by atoms with E-state index in [0.29, 0.717) is 17.8 Å². The van der Waals surface area contributed by atoms with Gasteiger partial charge in [-0.05, 0) is 25.5 Å². The molecule has 23 heavy (non-hydrogen) atoms. The molecule has 2 N–H and O–H groups in total. The molecule has 0 aromatic heterocycles. The Morgan fingerprint density at radius 2 is 2.00 bits per heavy atom. The Bertz CT molecular complexity index is 479. The fraction of sp³-hybridized carbons (Fsp3) is 0.929. The van der Waals surface area contributed by atoms with Gasteiger partial charge in [0.2, 0.25) is 0 Å². The summed E-state index contributed by atoms with van der Waals surface area (Å²) < 4.78 is 23.1. The zero-order valence-corrected chi connectivity index (χ0v) is 18.0. The van der Waals surface area contributed by atoms with Crippen LogP contribution in [0, 0.1) is 0 Å². The van der Waals surface area contributed by atoms with Crippen LogP contribution in [0.4, 0.5) is 0 Å². The summed E-state index contributed by atoms with van der Waals surface area (Å²) in [5.74, 6) is 2.66. The highest BCUT2D eigenvalue weighted by Crippen LogP contribution is 2.36. The molecular formula is C14H29IN4O2S2. The first-order chi connectivity index (χ1) is 10.4. The maximum absolute atomic E-state index is 11.4. The lowest BCUT2D eigenvalue weighted by Gasteiger charge is -2.27. The van der Waals surface area contributed by atoms with Gasteiger partial charge in [-0.2, -0.15) is 11.8 Å². The topological polar surface area (TPSA) is 73.8 Å². The summed E-state index contributed by atoms with van der Waals surface area (Å²) in [4.78, 5) is 6.45. The van der Waals surface area contributed by atoms with E-state index in [4.69, 9.17) is 0 Å². The molecule has 2 fully saturated rings. The summed E-state index contributed by atoms with van der Waals surface area (Å²) in [6.07, 6.45) is 2.55. The maximum Gasteiger partial charge on any atom is 0.191 e. The number of nitrogens with one attached hydrogen (secondary N) is 2. The van der Waals surface area contributed by atoms with Crippen LogP contribution in [0.15, 0.2) is 4.99 Å². The van der Waals surface area contributed by atoms with Gasteiger partial charge in [-0.1, -0.05) is 0 Å². The molecule has 0 aromatic rings. The van der Waals surface area contributed by atoms with Crippen LogP contribution in [-0.4, -0.2) is 81.1 Å². The molecule has 2 saturated heterocycles. The van der Waals surface area contributed by atoms with Crippen LogP contribution in [-0.2, 0) is 9.84 Å². The quantitative estimate of drug-likeness (QED) is 0.347. The van der Waals surface area contributed by atoms with E-state index in [9.17, 15) is 8.42 Å². The van der Waals surface area contributed by atoms with Gasteiger partial charge in [0, 0.05) is 44.5 Å². The second kappa shape index (κ2) is 9.67. The zero-order valence-electron chi connectivity index (χ0n) is 14.0. The Morgan fingerprint density at radius 1 is 1.30 bits per heavy atom. The number of aliphatic imine (C=N–C) groups is 1. The maximum atomic E-state index is 11.4. The molecule has 0 bridgehead atoms. The molecule has 1 unspecified atom stereocenters. The molecule has 2 heterocycles. The van der Waals surface area contributed by atoms with E-state index in [1.165, 1.54) is 18.6 Å². The zero-order chi connectivity index (χ0) is 16.1. The van der Waals surface area contributed by atoms with Crippen molar-refractivity contribution < 1.29 is 8.42 Å². The third-order valence-corrected chi connectivity index (χ3v) is 7.46. The van der Waals surface area contributed by atoms with Gasteiger partial charge in [-0.15, -0.1) is 24.0 Å². The van der Waals surface area contributed by atoms with Crippen molar-refractivity contribution in [3.05, 3.63) is 0 Å². The minimum Gasteiger partial charge on any atom is -0.355 e. The fourth-order valence-corrected chi connectivity index (χ4v) is 5.30. The molecule has 0 amide bonds. The molecule has 1 atom stereocenters. The van der Waals surface area contributed by atoms with Gasteiger partial charge in [0.05, 0.1) is 11.5 Å². The van der Waals surface area contributed by atoms with Crippen LogP contribution in [0.5, 0.6) is 0 Å². The van der Waals surface area contributed by atoms with Crippen molar-refractivity contribution in [1.29, 1.82) is 0 Å². The Labute approximate surface area is 161 Å². The average Bonchev–Trinajstić information content (AvgIpc) is 2.91. The number of halogens is 1. The second-order valence-corrected chi connectivity index (χ2v) is 10.2. The minimum absolute atomic E-state index is 0. The van der Waals surface area contributed by atoms with Crippen LogP contribution >= 0.6 is 35.7 Å². The van der Waals surface area contributed by atoms with Crippen molar-refractivity contribution in [2.75, 3.05) is 57.0 Å². The van der Waals surface area contributed by atoms with E-state index in [0.717, 1.165) is 25.6 Å². The highest BCUT2D eigenvalue weighted by atomic mass is 127. The molecule has 9 heteroatoms. The van der Waals surface area contributed by atoms with Crippen LogP contribution < -0.4 is 10.6 Å². The Kier molecular flexibility index (Phi) is 8.95. The predicted octanol–water partition coefficient (Wildman–Crippen LogP) is 0.786.